The molecule has 1 aromatic heterocycles. The van der Waals surface area contributed by atoms with Gasteiger partial charge in [0.25, 0.3) is 0 Å². The predicted molar refractivity (Wildman–Crippen MR) is 43.6 cm³/mol. The lowest BCUT2D eigenvalue weighted by Crippen LogP contribution is -2.12. The highest BCUT2D eigenvalue weighted by molar-refractivity contribution is 5.83. The molecule has 0 saturated heterocycles. The van der Waals surface area contributed by atoms with Crippen LogP contribution in [0.4, 0.5) is 0 Å². The number of aromatic nitrogens is 2. The Morgan fingerprint density at radius 1 is 1.54 bits per heavy atom. The van der Waals surface area contributed by atoms with E-state index in [1.54, 1.807) is 23.1 Å². The Hall–Kier alpha value is -1.65. The molecule has 1 aromatic rings. The van der Waals surface area contributed by atoms with Gasteiger partial charge < -0.3 is 4.74 Å². The number of carbonyl (C=O) groups is 2. The van der Waals surface area contributed by atoms with Crippen molar-refractivity contribution in [2.75, 3.05) is 0 Å². The van der Waals surface area contributed by atoms with E-state index in [4.69, 9.17) is 0 Å². The highest BCUT2D eigenvalue weighted by Crippen LogP contribution is 1.92. The standard InChI is InChI=1S/C8H10N2O3/c1-7(11)13-8(12)3-6-10-5-2-4-9-10/h2,4-5H,3,6H2,1H3. The third-order valence-electron chi connectivity index (χ3n) is 1.36. The summed E-state index contributed by atoms with van der Waals surface area (Å²) in [6.45, 7) is 1.63. The van der Waals surface area contributed by atoms with E-state index < -0.39 is 11.9 Å². The molecule has 0 aliphatic heterocycles. The van der Waals surface area contributed by atoms with E-state index in [1.807, 2.05) is 0 Å². The van der Waals surface area contributed by atoms with E-state index in [-0.39, 0.29) is 6.42 Å². The zero-order valence-corrected chi connectivity index (χ0v) is 7.27. The minimum Gasteiger partial charge on any atom is -0.393 e. The van der Waals surface area contributed by atoms with Crippen molar-refractivity contribution >= 4 is 11.9 Å². The van der Waals surface area contributed by atoms with Crippen molar-refractivity contribution in [3.63, 3.8) is 0 Å². The molecule has 0 atom stereocenters. The summed E-state index contributed by atoms with van der Waals surface area (Å²) >= 11 is 0. The van der Waals surface area contributed by atoms with Crippen molar-refractivity contribution in [3.8, 4) is 0 Å². The van der Waals surface area contributed by atoms with Gasteiger partial charge in [0.15, 0.2) is 0 Å². The Bertz CT molecular complexity index is 292. The molecule has 0 spiro atoms. The molecule has 0 bridgehead atoms. The molecule has 70 valence electrons. The Morgan fingerprint density at radius 2 is 2.31 bits per heavy atom. The summed E-state index contributed by atoms with van der Waals surface area (Å²) in [5.74, 6) is -1.10. The molecule has 0 aliphatic rings. The van der Waals surface area contributed by atoms with Crippen molar-refractivity contribution in [3.05, 3.63) is 18.5 Å². The normalized spacial score (nSPS) is 9.62. The van der Waals surface area contributed by atoms with Crippen molar-refractivity contribution in [2.45, 2.75) is 19.9 Å². The molecule has 0 radical (unpaired) electrons. The SMILES string of the molecule is CC(=O)OC(=O)CCn1cccn1. The molecule has 0 amide bonds. The average molecular weight is 182 g/mol. The predicted octanol–water partition coefficient (Wildman–Crippen LogP) is 0.363. The van der Waals surface area contributed by atoms with Gasteiger partial charge >= 0.3 is 11.9 Å². The van der Waals surface area contributed by atoms with E-state index in [0.29, 0.717) is 6.54 Å². The minimum atomic E-state index is -0.578. The van der Waals surface area contributed by atoms with Crippen LogP contribution in [0.1, 0.15) is 13.3 Å². The van der Waals surface area contributed by atoms with Crippen LogP contribution < -0.4 is 0 Å². The number of hydrogen-bond acceptors (Lipinski definition) is 4. The second-order valence-electron chi connectivity index (χ2n) is 2.48. The smallest absolute Gasteiger partial charge is 0.315 e. The van der Waals surface area contributed by atoms with Crippen LogP contribution >= 0.6 is 0 Å². The summed E-state index contributed by atoms with van der Waals surface area (Å²) in [6, 6.07) is 1.76. The maximum absolute atomic E-state index is 10.9. The number of nitrogens with zero attached hydrogens (tertiary/aromatic N) is 2. The molecule has 0 fully saturated rings. The van der Waals surface area contributed by atoms with E-state index in [2.05, 4.69) is 9.84 Å². The van der Waals surface area contributed by atoms with Gasteiger partial charge in [0, 0.05) is 19.3 Å². The fourth-order valence-electron chi connectivity index (χ4n) is 0.850. The van der Waals surface area contributed by atoms with Crippen molar-refractivity contribution < 1.29 is 14.3 Å². The number of rotatable bonds is 3. The van der Waals surface area contributed by atoms with Crippen molar-refractivity contribution in [1.82, 2.24) is 9.78 Å². The summed E-state index contributed by atoms with van der Waals surface area (Å²) in [5.41, 5.74) is 0. The Labute approximate surface area is 75.3 Å². The third kappa shape index (κ3) is 3.50. The molecule has 1 heterocycles. The quantitative estimate of drug-likeness (QED) is 0.500. The van der Waals surface area contributed by atoms with Crippen LogP contribution in [0.2, 0.25) is 0 Å². The van der Waals surface area contributed by atoms with Crippen LogP contribution in [0.3, 0.4) is 0 Å². The molecule has 0 N–H and O–H groups in total. The molecule has 0 saturated carbocycles. The first-order valence-corrected chi connectivity index (χ1v) is 3.87. The molecule has 5 heteroatoms. The zero-order valence-electron chi connectivity index (χ0n) is 7.27. The maximum Gasteiger partial charge on any atom is 0.315 e. The van der Waals surface area contributed by atoms with E-state index in [9.17, 15) is 9.59 Å². The third-order valence-corrected chi connectivity index (χ3v) is 1.36. The summed E-state index contributed by atoms with van der Waals surface area (Å²) in [4.78, 5) is 21.2. The molecular formula is C8H10N2O3. The van der Waals surface area contributed by atoms with Gasteiger partial charge in [-0.25, -0.2) is 0 Å². The lowest BCUT2D eigenvalue weighted by molar-refractivity contribution is -0.158. The van der Waals surface area contributed by atoms with Crippen LogP contribution in [0.15, 0.2) is 18.5 Å². The molecule has 5 nitrogen and oxygen atoms in total. The summed E-state index contributed by atoms with van der Waals surface area (Å²) in [6.07, 6.45) is 3.51. The van der Waals surface area contributed by atoms with Crippen LogP contribution in [0.5, 0.6) is 0 Å². The largest absolute Gasteiger partial charge is 0.393 e. The number of carbonyl (C=O) groups excluding carboxylic acids is 2. The fraction of sp³-hybridized carbons (Fsp3) is 0.375. The first-order valence-electron chi connectivity index (χ1n) is 3.87. The first-order chi connectivity index (χ1) is 6.18. The molecular weight excluding hydrogens is 172 g/mol. The van der Waals surface area contributed by atoms with Gasteiger partial charge in [-0.1, -0.05) is 0 Å². The number of ether oxygens (including phenoxy) is 1. The minimum absolute atomic E-state index is 0.154. The maximum atomic E-state index is 10.9. The van der Waals surface area contributed by atoms with Gasteiger partial charge in [0.2, 0.25) is 0 Å². The van der Waals surface area contributed by atoms with Gasteiger partial charge in [-0.2, -0.15) is 5.10 Å². The lowest BCUT2D eigenvalue weighted by Gasteiger charge is -2.00. The number of aryl methyl sites for hydroxylation is 1. The first kappa shape index (κ1) is 9.44. The monoisotopic (exact) mass is 182 g/mol. The van der Waals surface area contributed by atoms with E-state index >= 15 is 0 Å². The fourth-order valence-corrected chi connectivity index (χ4v) is 0.850. The molecule has 0 unspecified atom stereocenters. The highest BCUT2D eigenvalue weighted by atomic mass is 16.6. The van der Waals surface area contributed by atoms with Crippen LogP contribution in [-0.2, 0) is 20.9 Å². The van der Waals surface area contributed by atoms with Crippen LogP contribution in [0, 0.1) is 0 Å². The molecule has 0 aromatic carbocycles. The van der Waals surface area contributed by atoms with Gasteiger partial charge in [0.05, 0.1) is 13.0 Å². The Kier molecular flexibility index (Phi) is 3.19. The van der Waals surface area contributed by atoms with Gasteiger partial charge in [0.1, 0.15) is 0 Å². The molecule has 1 rings (SSSR count). The van der Waals surface area contributed by atoms with Gasteiger partial charge in [-0.3, -0.25) is 14.3 Å². The van der Waals surface area contributed by atoms with E-state index in [0.717, 1.165) is 0 Å². The average Bonchev–Trinajstić information content (AvgIpc) is 2.51. The van der Waals surface area contributed by atoms with Crippen molar-refractivity contribution in [1.29, 1.82) is 0 Å². The molecule has 13 heavy (non-hydrogen) atoms. The lowest BCUT2D eigenvalue weighted by atomic mass is 10.4. The summed E-state index contributed by atoms with van der Waals surface area (Å²) < 4.78 is 5.93. The molecule has 0 aliphatic carbocycles. The second-order valence-corrected chi connectivity index (χ2v) is 2.48. The van der Waals surface area contributed by atoms with E-state index in [1.165, 1.54) is 6.92 Å². The zero-order chi connectivity index (χ0) is 9.68. The second kappa shape index (κ2) is 4.39. The van der Waals surface area contributed by atoms with Crippen LogP contribution in [0.25, 0.3) is 0 Å². The van der Waals surface area contributed by atoms with Gasteiger partial charge in [-0.05, 0) is 6.07 Å². The summed E-state index contributed by atoms with van der Waals surface area (Å²) in [5, 5.41) is 3.89. The highest BCUT2D eigenvalue weighted by Gasteiger charge is 2.05. The van der Waals surface area contributed by atoms with Crippen LogP contribution in [-0.4, -0.2) is 21.7 Å². The number of hydrogen-bond donors (Lipinski definition) is 0. The number of esters is 2. The topological polar surface area (TPSA) is 61.2 Å². The van der Waals surface area contributed by atoms with Crippen molar-refractivity contribution in [2.24, 2.45) is 0 Å². The Morgan fingerprint density at radius 3 is 2.85 bits per heavy atom. The Balaban J connectivity index is 2.27. The summed E-state index contributed by atoms with van der Waals surface area (Å²) in [7, 11) is 0. The van der Waals surface area contributed by atoms with Gasteiger partial charge in [-0.15, -0.1) is 0 Å².